The molecule has 1 atom stereocenters. The fourth-order valence-corrected chi connectivity index (χ4v) is 3.89. The molecule has 0 radical (unpaired) electrons. The summed E-state index contributed by atoms with van der Waals surface area (Å²) in [5, 5.41) is 5.46. The molecule has 1 unspecified atom stereocenters. The molecule has 3 rings (SSSR count). The molecule has 1 aromatic carbocycles. The third kappa shape index (κ3) is 3.74. The number of nitrogens with zero attached hydrogens (tertiary/aromatic N) is 1. The van der Waals surface area contributed by atoms with Gasteiger partial charge in [0.15, 0.2) is 0 Å². The molecule has 2 N–H and O–H groups in total. The first-order valence-electron chi connectivity index (χ1n) is 9.52. The topological polar surface area (TPSA) is 78.5 Å². The van der Waals surface area contributed by atoms with Gasteiger partial charge >= 0.3 is 11.8 Å². The number of carbonyl (C=O) groups excluding carboxylic acids is 3. The van der Waals surface area contributed by atoms with Crippen LogP contribution in [0.5, 0.6) is 0 Å². The number of fused-ring (bicyclic) bond motifs is 1. The first-order valence-corrected chi connectivity index (χ1v) is 9.52. The molecule has 0 bridgehead atoms. The van der Waals surface area contributed by atoms with Crippen LogP contribution in [0.3, 0.4) is 0 Å². The molecule has 2 aliphatic rings. The number of hydrogen-bond acceptors (Lipinski definition) is 3. The molecule has 1 saturated carbocycles. The summed E-state index contributed by atoms with van der Waals surface area (Å²) in [5.74, 6) is -1.59. The van der Waals surface area contributed by atoms with Crippen LogP contribution in [0.25, 0.3) is 0 Å². The van der Waals surface area contributed by atoms with Gasteiger partial charge in [0.1, 0.15) is 6.04 Å². The van der Waals surface area contributed by atoms with Gasteiger partial charge in [-0.05, 0) is 32.8 Å². The molecular weight excluding hydrogens is 330 g/mol. The van der Waals surface area contributed by atoms with Crippen molar-refractivity contribution in [3.8, 4) is 0 Å². The molecule has 6 heteroatoms. The van der Waals surface area contributed by atoms with Gasteiger partial charge in [-0.25, -0.2) is 0 Å². The Bertz CT molecular complexity index is 693. The molecule has 6 nitrogen and oxygen atoms in total. The maximum atomic E-state index is 12.8. The van der Waals surface area contributed by atoms with Crippen LogP contribution in [0.15, 0.2) is 24.3 Å². The summed E-state index contributed by atoms with van der Waals surface area (Å²) >= 11 is 0. The molecule has 0 spiro atoms. The Morgan fingerprint density at radius 2 is 1.62 bits per heavy atom. The van der Waals surface area contributed by atoms with Crippen LogP contribution in [0.4, 0.5) is 5.69 Å². The maximum absolute atomic E-state index is 12.8. The largest absolute Gasteiger partial charge is 0.345 e. The van der Waals surface area contributed by atoms with E-state index in [1.165, 1.54) is 12.8 Å². The summed E-state index contributed by atoms with van der Waals surface area (Å²) in [4.78, 5) is 39.1. The van der Waals surface area contributed by atoms with Gasteiger partial charge < -0.3 is 15.5 Å². The van der Waals surface area contributed by atoms with Crippen molar-refractivity contribution >= 4 is 23.4 Å². The Labute approximate surface area is 154 Å². The highest BCUT2D eigenvalue weighted by Crippen LogP contribution is 2.36. The predicted octanol–water partition coefficient (Wildman–Crippen LogP) is 2.44. The second-order valence-corrected chi connectivity index (χ2v) is 7.43. The van der Waals surface area contributed by atoms with Crippen LogP contribution in [-0.4, -0.2) is 29.8 Å². The van der Waals surface area contributed by atoms with Gasteiger partial charge in [-0.15, -0.1) is 0 Å². The zero-order valence-electron chi connectivity index (χ0n) is 15.5. The molecular formula is C20H27N3O3. The quantitative estimate of drug-likeness (QED) is 0.644. The van der Waals surface area contributed by atoms with E-state index < -0.39 is 17.9 Å². The smallest absolute Gasteiger partial charge is 0.310 e. The van der Waals surface area contributed by atoms with Crippen molar-refractivity contribution in [1.29, 1.82) is 0 Å². The van der Waals surface area contributed by atoms with E-state index in [4.69, 9.17) is 0 Å². The van der Waals surface area contributed by atoms with Crippen LogP contribution in [0, 0.1) is 0 Å². The lowest BCUT2D eigenvalue weighted by Gasteiger charge is -2.22. The predicted molar refractivity (Wildman–Crippen MR) is 99.6 cm³/mol. The van der Waals surface area contributed by atoms with Crippen molar-refractivity contribution in [1.82, 2.24) is 10.6 Å². The van der Waals surface area contributed by atoms with E-state index in [1.54, 1.807) is 4.90 Å². The van der Waals surface area contributed by atoms with Crippen LogP contribution in [0.1, 0.15) is 64.0 Å². The van der Waals surface area contributed by atoms with Gasteiger partial charge in [0.25, 0.3) is 5.91 Å². The monoisotopic (exact) mass is 357 g/mol. The second-order valence-electron chi connectivity index (χ2n) is 7.43. The Morgan fingerprint density at radius 1 is 1.00 bits per heavy atom. The number of nitrogens with one attached hydrogen (secondary N) is 2. The summed E-state index contributed by atoms with van der Waals surface area (Å²) in [5.41, 5.74) is 1.53. The summed E-state index contributed by atoms with van der Waals surface area (Å²) in [7, 11) is 0. The highest BCUT2D eigenvalue weighted by molar-refractivity contribution is 6.35. The van der Waals surface area contributed by atoms with Crippen LogP contribution >= 0.6 is 0 Å². The van der Waals surface area contributed by atoms with Gasteiger partial charge in [-0.2, -0.15) is 0 Å². The lowest BCUT2D eigenvalue weighted by Crippen LogP contribution is -2.47. The Kier molecular flexibility index (Phi) is 5.59. The van der Waals surface area contributed by atoms with Crippen molar-refractivity contribution in [2.75, 3.05) is 4.90 Å². The van der Waals surface area contributed by atoms with Crippen LogP contribution in [-0.2, 0) is 14.4 Å². The van der Waals surface area contributed by atoms with Crippen LogP contribution in [0.2, 0.25) is 0 Å². The van der Waals surface area contributed by atoms with Crippen LogP contribution < -0.4 is 15.5 Å². The van der Waals surface area contributed by atoms with E-state index in [1.807, 2.05) is 38.1 Å². The van der Waals surface area contributed by atoms with Crippen molar-refractivity contribution in [3.63, 3.8) is 0 Å². The third-order valence-corrected chi connectivity index (χ3v) is 5.18. The van der Waals surface area contributed by atoms with Crippen molar-refractivity contribution in [3.05, 3.63) is 29.8 Å². The first kappa shape index (κ1) is 18.4. The fourth-order valence-electron chi connectivity index (χ4n) is 3.89. The second kappa shape index (κ2) is 7.89. The van der Waals surface area contributed by atoms with E-state index in [-0.39, 0.29) is 18.0 Å². The molecule has 1 heterocycles. The van der Waals surface area contributed by atoms with Crippen molar-refractivity contribution in [2.24, 2.45) is 0 Å². The normalized spacial score (nSPS) is 20.7. The van der Waals surface area contributed by atoms with Crippen molar-refractivity contribution in [2.45, 2.75) is 70.5 Å². The van der Waals surface area contributed by atoms with Gasteiger partial charge in [0, 0.05) is 23.3 Å². The Morgan fingerprint density at radius 3 is 2.27 bits per heavy atom. The Hall–Kier alpha value is -2.37. The van der Waals surface area contributed by atoms with Gasteiger partial charge in [-0.1, -0.05) is 43.9 Å². The minimum absolute atomic E-state index is 0.0228. The van der Waals surface area contributed by atoms with Gasteiger partial charge in [-0.3, -0.25) is 14.4 Å². The number of hydrogen-bond donors (Lipinski definition) is 2. The lowest BCUT2D eigenvalue weighted by molar-refractivity contribution is -0.140. The zero-order valence-corrected chi connectivity index (χ0v) is 15.5. The molecule has 1 aliphatic heterocycles. The summed E-state index contributed by atoms with van der Waals surface area (Å²) in [6.45, 7) is 3.86. The number of benzene rings is 1. The number of rotatable bonds is 3. The summed E-state index contributed by atoms with van der Waals surface area (Å²) < 4.78 is 0. The number of carbonyl (C=O) groups is 3. The SMILES string of the molecule is CC(C)N1C(=O)C(NC(=O)C(=O)NC2CCCCCC2)c2ccccc21. The first-order chi connectivity index (χ1) is 12.5. The molecule has 1 aromatic rings. The minimum atomic E-state index is -0.805. The molecule has 0 saturated heterocycles. The lowest BCUT2D eigenvalue weighted by atomic mass is 10.1. The summed E-state index contributed by atoms with van der Waals surface area (Å²) in [6, 6.07) is 6.61. The number of para-hydroxylation sites is 1. The van der Waals surface area contributed by atoms with E-state index in [0.29, 0.717) is 0 Å². The molecule has 3 amide bonds. The standard InChI is InChI=1S/C20H27N3O3/c1-13(2)23-16-12-8-7-11-15(16)17(20(23)26)22-19(25)18(24)21-14-9-5-3-4-6-10-14/h7-8,11-14,17H,3-6,9-10H2,1-2H3,(H,21,24)(H,22,25). The highest BCUT2D eigenvalue weighted by Gasteiger charge is 2.40. The van der Waals surface area contributed by atoms with E-state index in [0.717, 1.165) is 36.9 Å². The molecule has 140 valence electrons. The maximum Gasteiger partial charge on any atom is 0.310 e. The van der Waals surface area contributed by atoms with Crippen molar-refractivity contribution < 1.29 is 14.4 Å². The molecule has 26 heavy (non-hydrogen) atoms. The molecule has 1 fully saturated rings. The minimum Gasteiger partial charge on any atom is -0.345 e. The summed E-state index contributed by atoms with van der Waals surface area (Å²) in [6.07, 6.45) is 6.32. The average Bonchev–Trinajstić information content (AvgIpc) is 2.77. The Balaban J connectivity index is 1.68. The number of anilines is 1. The molecule has 1 aliphatic carbocycles. The van der Waals surface area contributed by atoms with E-state index in [9.17, 15) is 14.4 Å². The van der Waals surface area contributed by atoms with E-state index >= 15 is 0 Å². The highest BCUT2D eigenvalue weighted by atomic mass is 16.2. The van der Waals surface area contributed by atoms with E-state index in [2.05, 4.69) is 10.6 Å². The average molecular weight is 357 g/mol. The number of amides is 3. The fraction of sp³-hybridized carbons (Fsp3) is 0.550. The zero-order chi connectivity index (χ0) is 18.7. The van der Waals surface area contributed by atoms with Gasteiger partial charge in [0.05, 0.1) is 0 Å². The third-order valence-electron chi connectivity index (χ3n) is 5.18. The van der Waals surface area contributed by atoms with Gasteiger partial charge in [0.2, 0.25) is 0 Å². The molecule has 0 aromatic heterocycles.